The van der Waals surface area contributed by atoms with Crippen LogP contribution in [-0.4, -0.2) is 49.5 Å². The molecule has 60 heavy (non-hydrogen) atoms. The zero-order valence-electron chi connectivity index (χ0n) is 37.9. The number of hydrogen-bond donors (Lipinski definition) is 0. The molecule has 0 N–H and O–H groups in total. The van der Waals surface area contributed by atoms with Gasteiger partial charge in [0.25, 0.3) is 0 Å². The second kappa shape index (κ2) is 28.3. The molecular weight excluding hydrogens is 1010 g/mol. The predicted octanol–water partition coefficient (Wildman–Crippen LogP) is 13.2. The van der Waals surface area contributed by atoms with Crippen LogP contribution in [0.5, 0.6) is 0 Å². The molecule has 0 saturated heterocycles. The molecule has 8 heteroatoms. The summed E-state index contributed by atoms with van der Waals surface area (Å²) in [5.74, 6) is 0. The summed E-state index contributed by atoms with van der Waals surface area (Å²) >= 11 is 0. The van der Waals surface area contributed by atoms with Gasteiger partial charge in [-0.1, -0.05) is 259 Å². The van der Waals surface area contributed by atoms with Crippen molar-refractivity contribution < 1.29 is 24.9 Å². The van der Waals surface area contributed by atoms with Crippen LogP contribution in [0.15, 0.2) is 182 Å². The van der Waals surface area contributed by atoms with Gasteiger partial charge in [0, 0.05) is 44.3 Å². The molecule has 0 heterocycles. The number of benzene rings is 6. The molecule has 6 aromatic rings. The molecule has 1 radical (unpaired) electrons. The molecule has 6 rings (SSSR count). The maximum atomic E-state index is 8.00. The molecule has 0 fully saturated rings. The third-order valence-corrected chi connectivity index (χ3v) is 23.7. The van der Waals surface area contributed by atoms with E-state index in [1.807, 2.05) is 6.79 Å². The molecule has 1 nitrogen and oxygen atoms in total. The normalized spacial score (nSPS) is 11.3. The first-order valence-corrected chi connectivity index (χ1v) is 36.8. The zero-order chi connectivity index (χ0) is 43.2. The van der Waals surface area contributed by atoms with Crippen LogP contribution >= 0.6 is 23.8 Å². The molecule has 0 bridgehead atoms. The molecule has 0 aliphatic carbocycles. The largest absolute Gasteiger partial charge is 0.307 e. The summed E-state index contributed by atoms with van der Waals surface area (Å²) in [6.45, 7) is 24.2. The van der Waals surface area contributed by atoms with E-state index in [1.165, 1.54) is 68.4 Å². The standard InChI is InChI=1S/3C17H23PSi.CH2O.Ir/c3*1-19(2,3)15-14-18(16-10-6-4-7-11-16)17-12-8-5-9-13-17;1-2;/h3*4-13H,14-15H2,1-3H3;1H2;. The van der Waals surface area contributed by atoms with Gasteiger partial charge in [0.05, 0.1) is 0 Å². The van der Waals surface area contributed by atoms with Gasteiger partial charge < -0.3 is 4.79 Å². The SMILES string of the molecule is C=O.C[Si](C)(C)CCP(c1ccccc1)c1ccccc1.C[Si](C)(C)CCP(c1ccccc1)c1ccccc1.C[Si](C)(C)CCP(c1ccccc1)c1ccccc1.[Ir]. The Morgan fingerprint density at radius 3 is 0.550 bits per heavy atom. The Morgan fingerprint density at radius 1 is 0.300 bits per heavy atom. The third-order valence-electron chi connectivity index (χ3n) is 9.66. The summed E-state index contributed by atoms with van der Waals surface area (Å²) in [6.07, 6.45) is 4.00. The Balaban J connectivity index is 0.000000301. The van der Waals surface area contributed by atoms with Gasteiger partial charge in [0.15, 0.2) is 0 Å². The van der Waals surface area contributed by atoms with E-state index >= 15 is 0 Å². The summed E-state index contributed by atoms with van der Waals surface area (Å²) in [5.41, 5.74) is 0. The Bertz CT molecular complexity index is 1610. The van der Waals surface area contributed by atoms with Gasteiger partial charge in [-0.3, -0.25) is 0 Å². The van der Waals surface area contributed by atoms with Crippen molar-refractivity contribution in [1.29, 1.82) is 0 Å². The second-order valence-corrected chi connectivity index (χ2v) is 42.3. The minimum absolute atomic E-state index is 0. The fourth-order valence-electron chi connectivity index (χ4n) is 6.21. The number of rotatable bonds is 15. The molecule has 321 valence electrons. The van der Waals surface area contributed by atoms with Crippen molar-refractivity contribution in [2.45, 2.75) is 77.1 Å². The predicted molar refractivity (Wildman–Crippen MR) is 283 cm³/mol. The Kier molecular flexibility index (Phi) is 25.3. The Hall–Kier alpha value is -2.42. The van der Waals surface area contributed by atoms with Gasteiger partial charge in [-0.25, -0.2) is 0 Å². The molecule has 0 atom stereocenters. The minimum Gasteiger partial charge on any atom is -0.307 e. The molecule has 0 aliphatic rings. The summed E-state index contributed by atoms with van der Waals surface area (Å²) in [6, 6.07) is 70.4. The van der Waals surface area contributed by atoms with Crippen molar-refractivity contribution in [2.75, 3.05) is 18.5 Å². The van der Waals surface area contributed by atoms with Crippen LogP contribution in [0, 0.1) is 0 Å². The molecule has 0 aliphatic heterocycles. The van der Waals surface area contributed by atoms with E-state index in [0.717, 1.165) is 0 Å². The summed E-state index contributed by atoms with van der Waals surface area (Å²) in [5, 5.41) is 9.09. The molecular formula is C52H71IrOP3Si3. The van der Waals surface area contributed by atoms with Gasteiger partial charge in [0.1, 0.15) is 6.79 Å². The number of carbonyl (C=O) groups excluding carboxylic acids is 1. The monoisotopic (exact) mass is 1080 g/mol. The van der Waals surface area contributed by atoms with E-state index in [1.54, 1.807) is 0 Å². The van der Waals surface area contributed by atoms with Crippen molar-refractivity contribution in [3.63, 3.8) is 0 Å². The molecule has 0 amide bonds. The quantitative estimate of drug-likeness (QED) is 0.0740. The maximum absolute atomic E-state index is 8.00. The van der Waals surface area contributed by atoms with Gasteiger partial charge in [-0.15, -0.1) is 0 Å². The van der Waals surface area contributed by atoms with Crippen LogP contribution < -0.4 is 31.8 Å². The van der Waals surface area contributed by atoms with Gasteiger partial charge in [-0.05, 0) is 74.1 Å². The topological polar surface area (TPSA) is 17.1 Å². The number of carbonyl (C=O) groups is 1. The molecule has 0 aromatic heterocycles. The summed E-state index contributed by atoms with van der Waals surface area (Å²) in [7, 11) is -3.45. The van der Waals surface area contributed by atoms with Crippen molar-refractivity contribution in [3.05, 3.63) is 182 Å². The van der Waals surface area contributed by atoms with Crippen LogP contribution in [0.4, 0.5) is 0 Å². The summed E-state index contributed by atoms with van der Waals surface area (Å²) < 4.78 is 0. The molecule has 0 unspecified atom stereocenters. The van der Waals surface area contributed by atoms with Crippen molar-refractivity contribution >= 4 is 86.6 Å². The van der Waals surface area contributed by atoms with E-state index in [9.17, 15) is 0 Å². The average Bonchev–Trinajstić information content (AvgIpc) is 3.23. The van der Waals surface area contributed by atoms with Gasteiger partial charge in [0.2, 0.25) is 0 Å². The Morgan fingerprint density at radius 2 is 0.433 bits per heavy atom. The van der Waals surface area contributed by atoms with Crippen LogP contribution in [0.2, 0.25) is 77.1 Å². The van der Waals surface area contributed by atoms with E-state index in [4.69, 9.17) is 4.79 Å². The summed E-state index contributed by atoms with van der Waals surface area (Å²) in [4.78, 5) is 8.00. The average molecular weight is 1080 g/mol. The molecule has 6 aromatic carbocycles. The second-order valence-electron chi connectivity index (χ2n) is 18.4. The van der Waals surface area contributed by atoms with Gasteiger partial charge in [-0.2, -0.15) is 0 Å². The Labute approximate surface area is 386 Å². The van der Waals surface area contributed by atoms with E-state index in [-0.39, 0.29) is 43.9 Å². The van der Waals surface area contributed by atoms with Crippen LogP contribution in [0.1, 0.15) is 0 Å². The van der Waals surface area contributed by atoms with Crippen molar-refractivity contribution in [2.24, 2.45) is 0 Å². The van der Waals surface area contributed by atoms with E-state index in [0.29, 0.717) is 0 Å². The zero-order valence-corrected chi connectivity index (χ0v) is 45.9. The fourth-order valence-corrected chi connectivity index (χ4v) is 22.6. The van der Waals surface area contributed by atoms with Crippen LogP contribution in [0.25, 0.3) is 0 Å². The minimum atomic E-state index is -0.970. The smallest absolute Gasteiger partial charge is 0.106 e. The number of hydrogen-bond acceptors (Lipinski definition) is 1. The van der Waals surface area contributed by atoms with Gasteiger partial charge >= 0.3 is 0 Å². The maximum Gasteiger partial charge on any atom is 0.106 e. The fraction of sp³-hybridized carbons (Fsp3) is 0.288. The molecule has 0 saturated carbocycles. The first-order valence-electron chi connectivity index (χ1n) is 21.1. The first kappa shape index (κ1) is 53.7. The van der Waals surface area contributed by atoms with Crippen molar-refractivity contribution in [1.82, 2.24) is 0 Å². The van der Waals surface area contributed by atoms with Crippen molar-refractivity contribution in [3.8, 4) is 0 Å². The third kappa shape index (κ3) is 21.6. The first-order chi connectivity index (χ1) is 28.2. The van der Waals surface area contributed by atoms with E-state index in [2.05, 4.69) is 241 Å². The van der Waals surface area contributed by atoms with Crippen LogP contribution in [0.3, 0.4) is 0 Å². The van der Waals surface area contributed by atoms with E-state index < -0.39 is 24.2 Å². The van der Waals surface area contributed by atoms with Crippen LogP contribution in [-0.2, 0) is 24.9 Å². The molecule has 0 spiro atoms.